The van der Waals surface area contributed by atoms with E-state index in [1.54, 1.807) is 7.11 Å². The Morgan fingerprint density at radius 2 is 1.66 bits per heavy atom. The number of nitrogens with zero attached hydrogens (tertiary/aromatic N) is 1. The predicted molar refractivity (Wildman–Crippen MR) is 115 cm³/mol. The van der Waals surface area contributed by atoms with E-state index in [1.807, 2.05) is 68.4 Å². The fourth-order valence-corrected chi connectivity index (χ4v) is 4.12. The van der Waals surface area contributed by atoms with Gasteiger partial charge in [0.05, 0.1) is 29.7 Å². The Morgan fingerprint density at radius 3 is 2.28 bits per heavy atom. The molecule has 0 aliphatic carbocycles. The molecule has 1 heterocycles. The number of carbonyl (C=O) groups is 2. The second-order valence-corrected chi connectivity index (χ2v) is 7.91. The number of benzene rings is 2. The van der Waals surface area contributed by atoms with Crippen LogP contribution in [-0.4, -0.2) is 43.1 Å². The zero-order valence-electron chi connectivity index (χ0n) is 16.9. The lowest BCUT2D eigenvalue weighted by atomic mass is 10.1. The van der Waals surface area contributed by atoms with Crippen molar-refractivity contribution in [3.8, 4) is 5.75 Å². The Bertz CT molecular complexity index is 891. The summed E-state index contributed by atoms with van der Waals surface area (Å²) in [5, 5.41) is 0. The van der Waals surface area contributed by atoms with Gasteiger partial charge in [-0.05, 0) is 37.1 Å². The fraction of sp³-hybridized carbons (Fsp3) is 0.304. The molecule has 0 spiro atoms. The molecule has 0 fully saturated rings. The van der Waals surface area contributed by atoms with Crippen LogP contribution in [0.4, 0.5) is 0 Å². The molecule has 1 aliphatic rings. The lowest BCUT2D eigenvalue weighted by Gasteiger charge is -2.14. The lowest BCUT2D eigenvalue weighted by molar-refractivity contribution is -0.137. The van der Waals surface area contributed by atoms with Crippen molar-refractivity contribution in [2.45, 2.75) is 25.7 Å². The average molecular weight is 412 g/mol. The molecule has 2 amide bonds. The van der Waals surface area contributed by atoms with Crippen molar-refractivity contribution in [3.63, 3.8) is 0 Å². The van der Waals surface area contributed by atoms with Gasteiger partial charge in [-0.3, -0.25) is 14.5 Å². The Labute approximate surface area is 175 Å². The zero-order chi connectivity index (χ0) is 20.8. The van der Waals surface area contributed by atoms with Crippen LogP contribution in [0.1, 0.15) is 25.0 Å². The zero-order valence-corrected chi connectivity index (χ0v) is 17.7. The highest BCUT2D eigenvalue weighted by molar-refractivity contribution is 8.03. The number of amides is 2. The molecule has 2 aromatic carbocycles. The van der Waals surface area contributed by atoms with Gasteiger partial charge in [0.2, 0.25) is 0 Å². The minimum absolute atomic E-state index is 0.0660. The summed E-state index contributed by atoms with van der Waals surface area (Å²) in [4.78, 5) is 27.8. The number of hydrogen-bond donors (Lipinski definition) is 0. The molecule has 0 radical (unpaired) electrons. The van der Waals surface area contributed by atoms with Gasteiger partial charge in [-0.2, -0.15) is 0 Å². The molecular formula is C23H25NO4S. The maximum atomic E-state index is 13.1. The fourth-order valence-electron chi connectivity index (χ4n) is 3.03. The first-order valence-corrected chi connectivity index (χ1v) is 10.5. The Morgan fingerprint density at radius 1 is 0.966 bits per heavy atom. The molecule has 6 heteroatoms. The second kappa shape index (κ2) is 9.76. The SMILES string of the molecule is COCCN1C(=O)C(SCc2ccccc2)=C(c2ccc(OC(C)C)cc2)C1=O. The van der Waals surface area contributed by atoms with Crippen LogP contribution in [0.2, 0.25) is 0 Å². The van der Waals surface area contributed by atoms with Crippen LogP contribution < -0.4 is 4.74 Å². The number of methoxy groups -OCH3 is 1. The van der Waals surface area contributed by atoms with Gasteiger partial charge in [0, 0.05) is 12.9 Å². The summed E-state index contributed by atoms with van der Waals surface area (Å²) in [6.07, 6.45) is 0.0660. The van der Waals surface area contributed by atoms with Crippen molar-refractivity contribution in [2.75, 3.05) is 20.3 Å². The third-order valence-electron chi connectivity index (χ3n) is 4.39. The van der Waals surface area contributed by atoms with Crippen molar-refractivity contribution in [1.29, 1.82) is 0 Å². The monoisotopic (exact) mass is 411 g/mol. The van der Waals surface area contributed by atoms with Gasteiger partial charge in [-0.25, -0.2) is 0 Å². The van der Waals surface area contributed by atoms with Gasteiger partial charge in [0.15, 0.2) is 0 Å². The smallest absolute Gasteiger partial charge is 0.268 e. The van der Waals surface area contributed by atoms with E-state index in [0.717, 1.165) is 16.9 Å². The van der Waals surface area contributed by atoms with Crippen molar-refractivity contribution in [3.05, 3.63) is 70.6 Å². The van der Waals surface area contributed by atoms with E-state index >= 15 is 0 Å². The highest BCUT2D eigenvalue weighted by atomic mass is 32.2. The van der Waals surface area contributed by atoms with E-state index in [9.17, 15) is 9.59 Å². The van der Waals surface area contributed by atoms with Crippen LogP contribution in [0.5, 0.6) is 5.75 Å². The summed E-state index contributed by atoms with van der Waals surface area (Å²) < 4.78 is 10.8. The number of rotatable bonds is 9. The quantitative estimate of drug-likeness (QED) is 0.581. The molecule has 0 aromatic heterocycles. The van der Waals surface area contributed by atoms with Crippen LogP contribution >= 0.6 is 11.8 Å². The average Bonchev–Trinajstić information content (AvgIpc) is 2.95. The van der Waals surface area contributed by atoms with Gasteiger partial charge in [0.1, 0.15) is 5.75 Å². The molecule has 29 heavy (non-hydrogen) atoms. The molecule has 0 atom stereocenters. The molecule has 0 N–H and O–H groups in total. The van der Waals surface area contributed by atoms with E-state index in [-0.39, 0.29) is 24.5 Å². The molecule has 1 aliphatic heterocycles. The molecule has 3 rings (SSSR count). The summed E-state index contributed by atoms with van der Waals surface area (Å²) in [5.41, 5.74) is 2.26. The molecule has 152 valence electrons. The third kappa shape index (κ3) is 5.08. The van der Waals surface area contributed by atoms with Gasteiger partial charge in [-0.1, -0.05) is 42.5 Å². The number of carbonyl (C=O) groups excluding carboxylic acids is 2. The van der Waals surface area contributed by atoms with E-state index in [1.165, 1.54) is 16.7 Å². The van der Waals surface area contributed by atoms with E-state index < -0.39 is 0 Å². The molecule has 0 unspecified atom stereocenters. The lowest BCUT2D eigenvalue weighted by Crippen LogP contribution is -2.34. The van der Waals surface area contributed by atoms with Gasteiger partial charge in [0.25, 0.3) is 11.8 Å². The Balaban J connectivity index is 1.90. The van der Waals surface area contributed by atoms with Gasteiger partial charge >= 0.3 is 0 Å². The summed E-state index contributed by atoms with van der Waals surface area (Å²) in [7, 11) is 1.55. The Hall–Kier alpha value is -2.57. The third-order valence-corrected chi connectivity index (χ3v) is 5.53. The summed E-state index contributed by atoms with van der Waals surface area (Å²) in [5.74, 6) is 0.812. The Kier molecular flexibility index (Phi) is 7.12. The molecule has 5 nitrogen and oxygen atoms in total. The molecule has 2 aromatic rings. The summed E-state index contributed by atoms with van der Waals surface area (Å²) in [6.45, 7) is 4.47. The van der Waals surface area contributed by atoms with Crippen molar-refractivity contribution >= 4 is 29.1 Å². The molecule has 0 bridgehead atoms. The van der Waals surface area contributed by atoms with Crippen molar-refractivity contribution in [2.24, 2.45) is 0 Å². The largest absolute Gasteiger partial charge is 0.491 e. The number of ether oxygens (including phenoxy) is 2. The van der Waals surface area contributed by atoms with Crippen LogP contribution in [0.3, 0.4) is 0 Å². The molecular weight excluding hydrogens is 386 g/mol. The van der Waals surface area contributed by atoms with Gasteiger partial charge < -0.3 is 9.47 Å². The molecule has 0 saturated heterocycles. The number of imide groups is 1. The standard InChI is InChI=1S/C23H25NO4S/c1-16(2)28-19-11-9-18(10-12-19)20-21(29-15-17-7-5-4-6-8-17)23(26)24(22(20)25)13-14-27-3/h4-12,16H,13-15H2,1-3H3. The first-order chi connectivity index (χ1) is 14.0. The van der Waals surface area contributed by atoms with Crippen molar-refractivity contribution < 1.29 is 19.1 Å². The topological polar surface area (TPSA) is 55.8 Å². The predicted octanol–water partition coefficient (Wildman–Crippen LogP) is 4.13. The van der Waals surface area contributed by atoms with E-state index in [0.29, 0.717) is 22.8 Å². The number of thioether (sulfide) groups is 1. The van der Waals surface area contributed by atoms with Gasteiger partial charge in [-0.15, -0.1) is 11.8 Å². The maximum absolute atomic E-state index is 13.1. The number of hydrogen-bond acceptors (Lipinski definition) is 5. The first-order valence-electron chi connectivity index (χ1n) is 9.54. The van der Waals surface area contributed by atoms with E-state index in [2.05, 4.69) is 0 Å². The molecule has 0 saturated carbocycles. The van der Waals surface area contributed by atoms with Crippen LogP contribution in [-0.2, 0) is 20.1 Å². The van der Waals surface area contributed by atoms with Crippen molar-refractivity contribution in [1.82, 2.24) is 4.90 Å². The summed E-state index contributed by atoms with van der Waals surface area (Å²) >= 11 is 1.40. The normalized spacial score (nSPS) is 14.3. The summed E-state index contributed by atoms with van der Waals surface area (Å²) in [6, 6.07) is 17.2. The minimum Gasteiger partial charge on any atom is -0.491 e. The van der Waals surface area contributed by atoms with E-state index in [4.69, 9.17) is 9.47 Å². The second-order valence-electron chi connectivity index (χ2n) is 6.92. The minimum atomic E-state index is -0.278. The van der Waals surface area contributed by atoms with Crippen LogP contribution in [0.15, 0.2) is 59.5 Å². The highest BCUT2D eigenvalue weighted by Crippen LogP contribution is 2.37. The highest BCUT2D eigenvalue weighted by Gasteiger charge is 2.38. The van der Waals surface area contributed by atoms with Crippen LogP contribution in [0.25, 0.3) is 5.57 Å². The van der Waals surface area contributed by atoms with Crippen LogP contribution in [0, 0.1) is 0 Å². The maximum Gasteiger partial charge on any atom is 0.268 e. The first kappa shape index (κ1) is 21.1.